The van der Waals surface area contributed by atoms with Crippen LogP contribution in [0.5, 0.6) is 0 Å². The van der Waals surface area contributed by atoms with Gasteiger partial charge < -0.3 is 10.2 Å². The van der Waals surface area contributed by atoms with Gasteiger partial charge in [0.1, 0.15) is 0 Å². The number of aryl methyl sites for hydroxylation is 2. The zero-order chi connectivity index (χ0) is 20.3. The minimum Gasteiger partial charge on any atom is -0.336 e. The van der Waals surface area contributed by atoms with Crippen molar-refractivity contribution in [2.75, 3.05) is 38.0 Å². The first-order valence-electron chi connectivity index (χ1n) is 9.18. The molecule has 7 heteroatoms. The van der Waals surface area contributed by atoms with Crippen LogP contribution in [0, 0.1) is 13.8 Å². The van der Waals surface area contributed by atoms with Crippen LogP contribution < -0.4 is 5.32 Å². The highest BCUT2D eigenvalue weighted by molar-refractivity contribution is 6.35. The molecule has 2 aromatic rings. The molecule has 1 aliphatic rings. The molecule has 1 saturated heterocycles. The molecular formula is C21H23Cl2N3O2. The Kier molecular flexibility index (Phi) is 6.60. The van der Waals surface area contributed by atoms with E-state index in [4.69, 9.17) is 23.2 Å². The Bertz CT molecular complexity index is 873. The third-order valence-corrected chi connectivity index (χ3v) is 5.50. The predicted molar refractivity (Wildman–Crippen MR) is 113 cm³/mol. The van der Waals surface area contributed by atoms with E-state index in [1.54, 1.807) is 23.1 Å². The van der Waals surface area contributed by atoms with Gasteiger partial charge in [0.2, 0.25) is 5.91 Å². The molecule has 5 nitrogen and oxygen atoms in total. The van der Waals surface area contributed by atoms with Crippen LogP contribution >= 0.6 is 23.2 Å². The smallest absolute Gasteiger partial charge is 0.255 e. The number of anilines is 1. The van der Waals surface area contributed by atoms with Crippen molar-refractivity contribution in [2.24, 2.45) is 0 Å². The van der Waals surface area contributed by atoms with Gasteiger partial charge >= 0.3 is 0 Å². The first-order chi connectivity index (χ1) is 13.3. The van der Waals surface area contributed by atoms with E-state index in [1.807, 2.05) is 36.9 Å². The zero-order valence-electron chi connectivity index (χ0n) is 16.0. The largest absolute Gasteiger partial charge is 0.336 e. The average molecular weight is 420 g/mol. The second kappa shape index (κ2) is 8.95. The Hall–Kier alpha value is -2.08. The van der Waals surface area contributed by atoms with E-state index in [9.17, 15) is 9.59 Å². The Labute approximate surface area is 175 Å². The van der Waals surface area contributed by atoms with Crippen molar-refractivity contribution in [1.29, 1.82) is 0 Å². The maximum Gasteiger partial charge on any atom is 0.255 e. The summed E-state index contributed by atoms with van der Waals surface area (Å²) in [6.45, 7) is 6.60. The lowest BCUT2D eigenvalue weighted by atomic mass is 10.1. The van der Waals surface area contributed by atoms with Gasteiger partial charge in [-0.3, -0.25) is 14.5 Å². The fourth-order valence-corrected chi connectivity index (χ4v) is 3.70. The normalized spacial score (nSPS) is 14.8. The molecule has 1 N–H and O–H groups in total. The first-order valence-corrected chi connectivity index (χ1v) is 9.93. The van der Waals surface area contributed by atoms with Crippen molar-refractivity contribution in [3.63, 3.8) is 0 Å². The standard InChI is InChI=1S/C21H23Cl2N3O2/c1-14-4-3-5-15(2)20(14)24-19(27)13-25-8-10-26(11-9-25)21(28)17-12-16(22)6-7-18(17)23/h3-7,12H,8-11,13H2,1-2H3,(H,24,27). The maximum atomic E-state index is 12.7. The van der Waals surface area contributed by atoms with Gasteiger partial charge in [-0.15, -0.1) is 0 Å². The minimum absolute atomic E-state index is 0.0462. The second-order valence-corrected chi connectivity index (χ2v) is 7.85. The fourth-order valence-electron chi connectivity index (χ4n) is 3.33. The second-order valence-electron chi connectivity index (χ2n) is 7.01. The molecule has 1 fully saturated rings. The lowest BCUT2D eigenvalue weighted by molar-refractivity contribution is -0.117. The predicted octanol–water partition coefficient (Wildman–Crippen LogP) is 4.01. The molecule has 1 heterocycles. The number of rotatable bonds is 4. The SMILES string of the molecule is Cc1cccc(C)c1NC(=O)CN1CCN(C(=O)c2cc(Cl)ccc2Cl)CC1. The number of halogens is 2. The highest BCUT2D eigenvalue weighted by Crippen LogP contribution is 2.23. The summed E-state index contributed by atoms with van der Waals surface area (Å²) in [5.74, 6) is -0.179. The van der Waals surface area contributed by atoms with Gasteiger partial charge in [0.05, 0.1) is 17.1 Å². The summed E-state index contributed by atoms with van der Waals surface area (Å²) in [5.41, 5.74) is 3.37. The van der Waals surface area contributed by atoms with Crippen molar-refractivity contribution in [3.8, 4) is 0 Å². The number of carbonyl (C=O) groups excluding carboxylic acids is 2. The molecule has 2 aromatic carbocycles. The van der Waals surface area contributed by atoms with Crippen LogP contribution in [-0.2, 0) is 4.79 Å². The van der Waals surface area contributed by atoms with Crippen LogP contribution in [0.25, 0.3) is 0 Å². The lowest BCUT2D eigenvalue weighted by Gasteiger charge is -2.34. The Balaban J connectivity index is 1.54. The minimum atomic E-state index is -0.132. The van der Waals surface area contributed by atoms with Crippen molar-refractivity contribution in [1.82, 2.24) is 9.80 Å². The number of hydrogen-bond donors (Lipinski definition) is 1. The van der Waals surface area contributed by atoms with Gasteiger partial charge in [-0.1, -0.05) is 41.4 Å². The monoisotopic (exact) mass is 419 g/mol. The molecule has 0 unspecified atom stereocenters. The molecular weight excluding hydrogens is 397 g/mol. The topological polar surface area (TPSA) is 52.7 Å². The van der Waals surface area contributed by atoms with Crippen molar-refractivity contribution < 1.29 is 9.59 Å². The number of para-hydroxylation sites is 1. The first kappa shape index (κ1) is 20.6. The molecule has 148 valence electrons. The van der Waals surface area contributed by atoms with Crippen LogP contribution in [0.4, 0.5) is 5.69 Å². The number of benzene rings is 2. The highest BCUT2D eigenvalue weighted by Gasteiger charge is 2.25. The summed E-state index contributed by atoms with van der Waals surface area (Å²) >= 11 is 12.1. The van der Waals surface area contributed by atoms with E-state index >= 15 is 0 Å². The van der Waals surface area contributed by atoms with E-state index in [0.29, 0.717) is 48.3 Å². The van der Waals surface area contributed by atoms with Crippen LogP contribution in [-0.4, -0.2) is 54.3 Å². The lowest BCUT2D eigenvalue weighted by Crippen LogP contribution is -2.50. The van der Waals surface area contributed by atoms with Crippen molar-refractivity contribution in [3.05, 3.63) is 63.1 Å². The van der Waals surface area contributed by atoms with E-state index in [-0.39, 0.29) is 11.8 Å². The van der Waals surface area contributed by atoms with Gasteiger partial charge in [0.25, 0.3) is 5.91 Å². The van der Waals surface area contributed by atoms with E-state index in [2.05, 4.69) is 5.32 Å². The van der Waals surface area contributed by atoms with Crippen molar-refractivity contribution in [2.45, 2.75) is 13.8 Å². The van der Waals surface area contributed by atoms with Crippen LogP contribution in [0.1, 0.15) is 21.5 Å². The average Bonchev–Trinajstić information content (AvgIpc) is 2.67. The van der Waals surface area contributed by atoms with Crippen LogP contribution in [0.2, 0.25) is 10.0 Å². The van der Waals surface area contributed by atoms with Crippen LogP contribution in [0.15, 0.2) is 36.4 Å². The summed E-state index contributed by atoms with van der Waals surface area (Å²) in [6.07, 6.45) is 0. The number of nitrogens with zero attached hydrogens (tertiary/aromatic N) is 2. The Morgan fingerprint density at radius 3 is 2.29 bits per heavy atom. The zero-order valence-corrected chi connectivity index (χ0v) is 17.5. The fraction of sp³-hybridized carbons (Fsp3) is 0.333. The molecule has 0 spiro atoms. The van der Waals surface area contributed by atoms with E-state index < -0.39 is 0 Å². The van der Waals surface area contributed by atoms with Gasteiger partial charge in [-0.2, -0.15) is 0 Å². The highest BCUT2D eigenvalue weighted by atomic mass is 35.5. The third kappa shape index (κ3) is 4.85. The van der Waals surface area contributed by atoms with Gasteiger partial charge in [0.15, 0.2) is 0 Å². The number of amides is 2. The Morgan fingerprint density at radius 1 is 1.00 bits per heavy atom. The third-order valence-electron chi connectivity index (χ3n) is 4.93. The van der Waals surface area contributed by atoms with Gasteiger partial charge in [-0.05, 0) is 43.2 Å². The summed E-state index contributed by atoms with van der Waals surface area (Å²) in [7, 11) is 0. The number of carbonyl (C=O) groups is 2. The molecule has 0 radical (unpaired) electrons. The van der Waals surface area contributed by atoms with E-state index in [0.717, 1.165) is 16.8 Å². The number of piperazine rings is 1. The molecule has 0 atom stereocenters. The molecule has 0 bridgehead atoms. The summed E-state index contributed by atoms with van der Waals surface area (Å²) in [6, 6.07) is 10.8. The quantitative estimate of drug-likeness (QED) is 0.814. The molecule has 0 saturated carbocycles. The molecule has 0 aliphatic carbocycles. The van der Waals surface area contributed by atoms with E-state index in [1.165, 1.54) is 0 Å². The summed E-state index contributed by atoms with van der Waals surface area (Å²) in [4.78, 5) is 28.9. The van der Waals surface area contributed by atoms with Gasteiger partial charge in [-0.25, -0.2) is 0 Å². The molecule has 2 amide bonds. The molecule has 28 heavy (non-hydrogen) atoms. The van der Waals surface area contributed by atoms with Crippen LogP contribution in [0.3, 0.4) is 0 Å². The number of hydrogen-bond acceptors (Lipinski definition) is 3. The summed E-state index contributed by atoms with van der Waals surface area (Å²) < 4.78 is 0. The molecule has 3 rings (SSSR count). The van der Waals surface area contributed by atoms with Crippen molar-refractivity contribution >= 4 is 40.7 Å². The van der Waals surface area contributed by atoms with Gasteiger partial charge in [0, 0.05) is 36.9 Å². The summed E-state index contributed by atoms with van der Waals surface area (Å²) in [5, 5.41) is 3.88. The maximum absolute atomic E-state index is 12.7. The Morgan fingerprint density at radius 2 is 1.64 bits per heavy atom. The number of nitrogens with one attached hydrogen (secondary N) is 1. The molecule has 0 aromatic heterocycles. The molecule has 1 aliphatic heterocycles.